The van der Waals surface area contributed by atoms with E-state index < -0.39 is 0 Å². The number of benzene rings is 1. The van der Waals surface area contributed by atoms with Crippen molar-refractivity contribution in [3.05, 3.63) is 52.5 Å². The van der Waals surface area contributed by atoms with E-state index >= 15 is 0 Å². The van der Waals surface area contributed by atoms with Gasteiger partial charge in [0.1, 0.15) is 18.2 Å². The van der Waals surface area contributed by atoms with Gasteiger partial charge in [-0.05, 0) is 42.1 Å². The summed E-state index contributed by atoms with van der Waals surface area (Å²) in [7, 11) is 1.71. The van der Waals surface area contributed by atoms with E-state index in [4.69, 9.17) is 4.74 Å². The molecule has 25 heavy (non-hydrogen) atoms. The van der Waals surface area contributed by atoms with Gasteiger partial charge < -0.3 is 15.0 Å². The SMILES string of the molecule is CN(CCOc1ccc(F)cc1)C(=O)CCCNC(=O)c1ccsc1. The highest BCUT2D eigenvalue weighted by Gasteiger charge is 2.09. The van der Waals surface area contributed by atoms with Crippen LogP contribution in [0.25, 0.3) is 0 Å². The minimum absolute atomic E-state index is 0.00696. The second-order valence-electron chi connectivity index (χ2n) is 5.49. The summed E-state index contributed by atoms with van der Waals surface area (Å²) < 4.78 is 18.2. The first-order valence-corrected chi connectivity index (χ1v) is 8.93. The van der Waals surface area contributed by atoms with Gasteiger partial charge in [-0.25, -0.2) is 4.39 Å². The van der Waals surface area contributed by atoms with Crippen molar-refractivity contribution >= 4 is 23.2 Å². The Hall–Kier alpha value is -2.41. The molecule has 0 radical (unpaired) electrons. The third-order valence-electron chi connectivity index (χ3n) is 3.57. The summed E-state index contributed by atoms with van der Waals surface area (Å²) >= 11 is 1.47. The van der Waals surface area contributed by atoms with E-state index in [-0.39, 0.29) is 17.6 Å². The minimum atomic E-state index is -0.314. The number of likely N-dealkylation sites (N-methyl/N-ethyl adjacent to an activating group) is 1. The third-order valence-corrected chi connectivity index (χ3v) is 4.25. The molecule has 0 atom stereocenters. The van der Waals surface area contributed by atoms with Crippen LogP contribution in [0.5, 0.6) is 5.75 Å². The van der Waals surface area contributed by atoms with Crippen LogP contribution in [-0.2, 0) is 4.79 Å². The van der Waals surface area contributed by atoms with Crippen molar-refractivity contribution in [3.63, 3.8) is 0 Å². The van der Waals surface area contributed by atoms with Crippen molar-refractivity contribution in [2.24, 2.45) is 0 Å². The molecule has 1 heterocycles. The van der Waals surface area contributed by atoms with Gasteiger partial charge in [-0.2, -0.15) is 11.3 Å². The average molecular weight is 364 g/mol. The maximum atomic E-state index is 12.8. The number of amides is 2. The van der Waals surface area contributed by atoms with Gasteiger partial charge in [-0.15, -0.1) is 0 Å². The number of nitrogens with one attached hydrogen (secondary N) is 1. The normalized spacial score (nSPS) is 10.3. The van der Waals surface area contributed by atoms with Crippen molar-refractivity contribution < 1.29 is 18.7 Å². The van der Waals surface area contributed by atoms with Crippen LogP contribution in [0, 0.1) is 5.82 Å². The number of thiophene rings is 1. The van der Waals surface area contributed by atoms with Crippen molar-refractivity contribution in [3.8, 4) is 5.75 Å². The molecule has 2 rings (SSSR count). The van der Waals surface area contributed by atoms with Gasteiger partial charge in [0, 0.05) is 31.0 Å². The molecule has 2 amide bonds. The average Bonchev–Trinajstić information content (AvgIpc) is 3.14. The number of carbonyl (C=O) groups is 2. The first kappa shape index (κ1) is 18.9. The summed E-state index contributed by atoms with van der Waals surface area (Å²) in [5.74, 6) is 0.131. The molecule has 134 valence electrons. The molecule has 0 spiro atoms. The third kappa shape index (κ3) is 6.54. The van der Waals surface area contributed by atoms with E-state index in [1.165, 1.54) is 23.5 Å². The van der Waals surface area contributed by atoms with Crippen LogP contribution in [0.15, 0.2) is 41.1 Å². The van der Waals surface area contributed by atoms with Gasteiger partial charge in [-0.3, -0.25) is 9.59 Å². The lowest BCUT2D eigenvalue weighted by Gasteiger charge is -2.17. The first-order valence-electron chi connectivity index (χ1n) is 7.99. The number of rotatable bonds is 9. The molecule has 1 aromatic carbocycles. The Bertz CT molecular complexity index is 674. The molecule has 0 saturated carbocycles. The molecule has 1 aromatic heterocycles. The van der Waals surface area contributed by atoms with Crippen LogP contribution in [0.2, 0.25) is 0 Å². The Kier molecular flexibility index (Phi) is 7.40. The molecular formula is C18H21FN2O3S. The van der Waals surface area contributed by atoms with E-state index in [0.29, 0.717) is 43.9 Å². The number of halogens is 1. The molecule has 0 fully saturated rings. The molecule has 5 nitrogen and oxygen atoms in total. The minimum Gasteiger partial charge on any atom is -0.492 e. The van der Waals surface area contributed by atoms with E-state index in [1.54, 1.807) is 35.5 Å². The van der Waals surface area contributed by atoms with E-state index in [1.807, 2.05) is 5.38 Å². The monoisotopic (exact) mass is 364 g/mol. The van der Waals surface area contributed by atoms with Crippen LogP contribution in [0.1, 0.15) is 23.2 Å². The van der Waals surface area contributed by atoms with Crippen molar-refractivity contribution in [2.75, 3.05) is 26.7 Å². The molecule has 0 unspecified atom stereocenters. The number of hydrogen-bond donors (Lipinski definition) is 1. The summed E-state index contributed by atoms with van der Waals surface area (Å²) in [5.41, 5.74) is 0.645. The smallest absolute Gasteiger partial charge is 0.252 e. The quantitative estimate of drug-likeness (QED) is 0.696. The topological polar surface area (TPSA) is 58.6 Å². The second kappa shape index (κ2) is 9.78. The van der Waals surface area contributed by atoms with Gasteiger partial charge in [-0.1, -0.05) is 0 Å². The molecule has 0 aliphatic heterocycles. The number of hydrogen-bond acceptors (Lipinski definition) is 4. The van der Waals surface area contributed by atoms with E-state index in [0.717, 1.165) is 0 Å². The van der Waals surface area contributed by atoms with Crippen LogP contribution in [0.4, 0.5) is 4.39 Å². The Balaban J connectivity index is 1.58. The lowest BCUT2D eigenvalue weighted by atomic mass is 10.2. The summed E-state index contributed by atoms with van der Waals surface area (Å²) in [6, 6.07) is 7.52. The molecule has 0 aliphatic carbocycles. The van der Waals surface area contributed by atoms with Crippen LogP contribution in [-0.4, -0.2) is 43.5 Å². The fraction of sp³-hybridized carbons (Fsp3) is 0.333. The number of nitrogens with zero attached hydrogens (tertiary/aromatic N) is 1. The summed E-state index contributed by atoms with van der Waals surface area (Å²) in [6.45, 7) is 1.24. The highest BCUT2D eigenvalue weighted by atomic mass is 32.1. The molecule has 7 heteroatoms. The number of ether oxygens (including phenoxy) is 1. The van der Waals surface area contributed by atoms with Crippen LogP contribution in [0.3, 0.4) is 0 Å². The Labute approximate surface area is 150 Å². The summed E-state index contributed by atoms with van der Waals surface area (Å²) in [5, 5.41) is 6.43. The van der Waals surface area contributed by atoms with Crippen molar-refractivity contribution in [1.29, 1.82) is 0 Å². The molecule has 1 N–H and O–H groups in total. The van der Waals surface area contributed by atoms with Crippen LogP contribution >= 0.6 is 11.3 Å². The maximum Gasteiger partial charge on any atom is 0.252 e. The van der Waals surface area contributed by atoms with Gasteiger partial charge in [0.05, 0.1) is 6.54 Å². The van der Waals surface area contributed by atoms with Crippen molar-refractivity contribution in [2.45, 2.75) is 12.8 Å². The van der Waals surface area contributed by atoms with Gasteiger partial charge in [0.15, 0.2) is 0 Å². The second-order valence-corrected chi connectivity index (χ2v) is 6.27. The Morgan fingerprint density at radius 1 is 1.24 bits per heavy atom. The zero-order chi connectivity index (χ0) is 18.1. The highest BCUT2D eigenvalue weighted by molar-refractivity contribution is 7.08. The fourth-order valence-electron chi connectivity index (χ4n) is 2.08. The highest BCUT2D eigenvalue weighted by Crippen LogP contribution is 2.11. The summed E-state index contributed by atoms with van der Waals surface area (Å²) in [6.07, 6.45) is 0.939. The van der Waals surface area contributed by atoms with Gasteiger partial charge in [0.25, 0.3) is 5.91 Å². The Morgan fingerprint density at radius 2 is 2.00 bits per heavy atom. The van der Waals surface area contributed by atoms with Gasteiger partial charge in [0.2, 0.25) is 5.91 Å². The molecule has 2 aromatic rings. The van der Waals surface area contributed by atoms with Crippen LogP contribution < -0.4 is 10.1 Å². The fourth-order valence-corrected chi connectivity index (χ4v) is 2.72. The van der Waals surface area contributed by atoms with Crippen molar-refractivity contribution in [1.82, 2.24) is 10.2 Å². The lowest BCUT2D eigenvalue weighted by Crippen LogP contribution is -2.31. The first-order chi connectivity index (χ1) is 12.1. The molecular weight excluding hydrogens is 343 g/mol. The van der Waals surface area contributed by atoms with Gasteiger partial charge >= 0.3 is 0 Å². The number of carbonyl (C=O) groups excluding carboxylic acids is 2. The molecule has 0 bridgehead atoms. The molecule has 0 saturated heterocycles. The Morgan fingerprint density at radius 3 is 2.68 bits per heavy atom. The summed E-state index contributed by atoms with van der Waals surface area (Å²) in [4.78, 5) is 25.3. The zero-order valence-corrected chi connectivity index (χ0v) is 14.9. The predicted octanol–water partition coefficient (Wildman–Crippen LogP) is 2.93. The largest absolute Gasteiger partial charge is 0.492 e. The lowest BCUT2D eigenvalue weighted by molar-refractivity contribution is -0.130. The zero-order valence-electron chi connectivity index (χ0n) is 14.0. The standard InChI is InChI=1S/C18H21FN2O3S/c1-21(10-11-24-16-6-4-15(19)5-7-16)17(22)3-2-9-20-18(23)14-8-12-25-13-14/h4-8,12-13H,2-3,9-11H2,1H3,(H,20,23). The molecule has 0 aliphatic rings. The predicted molar refractivity (Wildman–Crippen MR) is 95.4 cm³/mol. The maximum absolute atomic E-state index is 12.8. The van der Waals surface area contributed by atoms with E-state index in [2.05, 4.69) is 5.32 Å². The van der Waals surface area contributed by atoms with E-state index in [9.17, 15) is 14.0 Å².